The van der Waals surface area contributed by atoms with Gasteiger partial charge < -0.3 is 9.30 Å². The van der Waals surface area contributed by atoms with Crippen molar-refractivity contribution >= 4 is 33.5 Å². The van der Waals surface area contributed by atoms with E-state index in [0.29, 0.717) is 0 Å². The molecule has 1 fully saturated rings. The van der Waals surface area contributed by atoms with Crippen LogP contribution in [0.5, 0.6) is 0 Å². The van der Waals surface area contributed by atoms with Crippen molar-refractivity contribution in [1.29, 1.82) is 0 Å². The van der Waals surface area contributed by atoms with Gasteiger partial charge in [0.25, 0.3) is 0 Å². The highest BCUT2D eigenvalue weighted by Gasteiger charge is 2.57. The third kappa shape index (κ3) is 2.74. The lowest BCUT2D eigenvalue weighted by atomic mass is 10.4. The van der Waals surface area contributed by atoms with Crippen LogP contribution in [0.1, 0.15) is 29.9 Å². The lowest BCUT2D eigenvalue weighted by molar-refractivity contribution is -0.150. The van der Waals surface area contributed by atoms with Crippen LogP contribution in [0.4, 0.5) is 13.2 Å². The van der Waals surface area contributed by atoms with E-state index in [0.717, 1.165) is 0 Å². The Hall–Kier alpha value is -0.760. The van der Waals surface area contributed by atoms with Crippen molar-refractivity contribution in [3.05, 3.63) is 15.6 Å². The first-order valence-corrected chi connectivity index (χ1v) is 6.61. The summed E-state index contributed by atoms with van der Waals surface area (Å²) in [5.74, 6) is -2.18. The Kier molecular flexibility index (Phi) is 3.83. The van der Waals surface area contributed by atoms with Gasteiger partial charge in [-0.05, 0) is 40.9 Å². The van der Waals surface area contributed by atoms with Crippen LogP contribution in [-0.4, -0.2) is 28.3 Å². The largest absolute Gasteiger partial charge is 0.461 e. The molecule has 0 N–H and O–H groups in total. The molecule has 0 aliphatic heterocycles. The number of halogens is 5. The van der Waals surface area contributed by atoms with Gasteiger partial charge in [0, 0.05) is 6.04 Å². The molecule has 2 rings (SSSR count). The Morgan fingerprint density at radius 2 is 2.26 bits per heavy atom. The van der Waals surface area contributed by atoms with Gasteiger partial charge in [-0.2, -0.15) is 13.2 Å². The van der Waals surface area contributed by atoms with Crippen LogP contribution in [0.3, 0.4) is 0 Å². The van der Waals surface area contributed by atoms with E-state index >= 15 is 0 Å². The fraction of sp³-hybridized carbons (Fsp3) is 0.600. The second-order valence-corrected chi connectivity index (χ2v) is 5.15. The van der Waals surface area contributed by atoms with Gasteiger partial charge in [0.15, 0.2) is 5.69 Å². The number of imidazole rings is 1. The van der Waals surface area contributed by atoms with Crippen LogP contribution >= 0.6 is 27.5 Å². The minimum atomic E-state index is -4.28. The highest BCUT2D eigenvalue weighted by molar-refractivity contribution is 9.10. The van der Waals surface area contributed by atoms with Crippen molar-refractivity contribution in [2.75, 3.05) is 6.61 Å². The predicted molar refractivity (Wildman–Crippen MR) is 64.1 cm³/mol. The van der Waals surface area contributed by atoms with Crippen molar-refractivity contribution < 1.29 is 22.7 Å². The molecular formula is C10H9BrClF3N2O2. The Balaban J connectivity index is 2.27. The first-order chi connectivity index (χ1) is 8.77. The summed E-state index contributed by atoms with van der Waals surface area (Å²) in [5, 5.41) is -0.160. The van der Waals surface area contributed by atoms with Crippen molar-refractivity contribution in [3.63, 3.8) is 0 Å². The van der Waals surface area contributed by atoms with Gasteiger partial charge in [0.2, 0.25) is 5.28 Å². The highest BCUT2D eigenvalue weighted by Crippen LogP contribution is 2.55. The molecule has 1 heterocycles. The molecule has 9 heteroatoms. The summed E-state index contributed by atoms with van der Waals surface area (Å²) in [6, 6.07) is -0.822. The van der Waals surface area contributed by atoms with Crippen molar-refractivity contribution in [2.45, 2.75) is 25.6 Å². The van der Waals surface area contributed by atoms with Crippen LogP contribution in [0.2, 0.25) is 5.28 Å². The highest BCUT2D eigenvalue weighted by atomic mass is 79.9. The standard InChI is InChI=1S/C10H9BrClF3N2O2/c1-2-19-8(18)6-7(11)17(9(12)16-6)5-3-4(5)10(13,14)15/h4-5H,2-3H2,1H3/t4-,5?/m0/s1. The topological polar surface area (TPSA) is 44.1 Å². The Labute approximate surface area is 120 Å². The summed E-state index contributed by atoms with van der Waals surface area (Å²) in [4.78, 5) is 15.3. The zero-order chi connectivity index (χ0) is 14.4. The Morgan fingerprint density at radius 3 is 2.74 bits per heavy atom. The first kappa shape index (κ1) is 14.6. The maximum atomic E-state index is 12.5. The fourth-order valence-corrected chi connectivity index (χ4v) is 2.90. The van der Waals surface area contributed by atoms with E-state index < -0.39 is 24.1 Å². The average molecular weight is 362 g/mol. The van der Waals surface area contributed by atoms with Crippen molar-refractivity contribution in [3.8, 4) is 0 Å². The molecule has 0 bridgehead atoms. The lowest BCUT2D eigenvalue weighted by Gasteiger charge is -2.08. The molecule has 1 aromatic heterocycles. The Bertz CT molecular complexity index is 518. The summed E-state index contributed by atoms with van der Waals surface area (Å²) >= 11 is 8.85. The van der Waals surface area contributed by atoms with Crippen molar-refractivity contribution in [1.82, 2.24) is 9.55 Å². The van der Waals surface area contributed by atoms with E-state index in [1.165, 1.54) is 4.57 Å². The number of hydrogen-bond acceptors (Lipinski definition) is 3. The number of rotatable bonds is 3. The molecule has 0 aromatic carbocycles. The molecule has 0 spiro atoms. The number of nitrogens with zero attached hydrogens (tertiary/aromatic N) is 2. The summed E-state index contributed by atoms with van der Waals surface area (Å²) < 4.78 is 43.7. The number of esters is 1. The second kappa shape index (κ2) is 4.97. The molecule has 1 aliphatic rings. The van der Waals surface area contributed by atoms with E-state index in [-0.39, 0.29) is 28.6 Å². The minimum Gasteiger partial charge on any atom is -0.461 e. The van der Waals surface area contributed by atoms with E-state index in [1.807, 2.05) is 0 Å². The van der Waals surface area contributed by atoms with E-state index in [4.69, 9.17) is 16.3 Å². The Morgan fingerprint density at radius 1 is 1.63 bits per heavy atom. The van der Waals surface area contributed by atoms with Gasteiger partial charge >= 0.3 is 12.1 Å². The van der Waals surface area contributed by atoms with Crippen LogP contribution in [-0.2, 0) is 4.74 Å². The maximum absolute atomic E-state index is 12.5. The number of carbonyl (C=O) groups is 1. The molecule has 0 saturated heterocycles. The molecule has 2 atom stereocenters. The summed E-state index contributed by atoms with van der Waals surface area (Å²) in [7, 11) is 0. The van der Waals surface area contributed by atoms with Crippen molar-refractivity contribution in [2.24, 2.45) is 5.92 Å². The van der Waals surface area contributed by atoms with Gasteiger partial charge in [-0.15, -0.1) is 0 Å². The number of ether oxygens (including phenoxy) is 1. The SMILES string of the molecule is CCOC(=O)c1nc(Cl)n(C2C[C@@H]2C(F)(F)F)c1Br. The van der Waals surface area contributed by atoms with Crippen LogP contribution in [0.25, 0.3) is 0 Å². The fourth-order valence-electron chi connectivity index (χ4n) is 1.82. The molecular weight excluding hydrogens is 352 g/mol. The number of carbonyl (C=O) groups excluding carboxylic acids is 1. The third-order valence-electron chi connectivity index (χ3n) is 2.79. The molecule has 4 nitrogen and oxygen atoms in total. The zero-order valence-electron chi connectivity index (χ0n) is 9.67. The van der Waals surface area contributed by atoms with Crippen LogP contribution < -0.4 is 0 Å². The van der Waals surface area contributed by atoms with Gasteiger partial charge in [0.05, 0.1) is 12.5 Å². The predicted octanol–water partition coefficient (Wildman–Crippen LogP) is 3.60. The van der Waals surface area contributed by atoms with Gasteiger partial charge in [-0.3, -0.25) is 0 Å². The third-order valence-corrected chi connectivity index (χ3v) is 3.81. The molecule has 1 unspecified atom stereocenters. The molecule has 1 saturated carbocycles. The van der Waals surface area contributed by atoms with Gasteiger partial charge in [0.1, 0.15) is 4.60 Å². The molecule has 19 heavy (non-hydrogen) atoms. The van der Waals surface area contributed by atoms with Crippen LogP contribution in [0.15, 0.2) is 4.60 Å². The van der Waals surface area contributed by atoms with Gasteiger partial charge in [-0.1, -0.05) is 0 Å². The molecule has 1 aromatic rings. The van der Waals surface area contributed by atoms with Crippen LogP contribution in [0, 0.1) is 5.92 Å². The zero-order valence-corrected chi connectivity index (χ0v) is 12.0. The quantitative estimate of drug-likeness (QED) is 0.773. The number of hydrogen-bond donors (Lipinski definition) is 0. The average Bonchev–Trinajstić information content (AvgIpc) is 3.01. The molecule has 0 radical (unpaired) electrons. The van der Waals surface area contributed by atoms with E-state index in [1.54, 1.807) is 6.92 Å². The van der Waals surface area contributed by atoms with E-state index in [9.17, 15) is 18.0 Å². The number of aromatic nitrogens is 2. The van der Waals surface area contributed by atoms with Gasteiger partial charge in [-0.25, -0.2) is 9.78 Å². The maximum Gasteiger partial charge on any atom is 0.393 e. The lowest BCUT2D eigenvalue weighted by Crippen LogP contribution is -2.13. The summed E-state index contributed by atoms with van der Waals surface area (Å²) in [6.45, 7) is 1.76. The summed E-state index contributed by atoms with van der Waals surface area (Å²) in [6.07, 6.45) is -4.34. The molecule has 0 amide bonds. The molecule has 106 valence electrons. The number of alkyl halides is 3. The second-order valence-electron chi connectivity index (χ2n) is 4.06. The normalized spacial score (nSPS) is 22.4. The monoisotopic (exact) mass is 360 g/mol. The van der Waals surface area contributed by atoms with E-state index in [2.05, 4.69) is 20.9 Å². The first-order valence-electron chi connectivity index (χ1n) is 5.44. The molecule has 1 aliphatic carbocycles. The minimum absolute atomic E-state index is 0.0690. The smallest absolute Gasteiger partial charge is 0.393 e. The summed E-state index contributed by atoms with van der Waals surface area (Å²) in [5.41, 5.74) is -0.111.